The van der Waals surface area contributed by atoms with Gasteiger partial charge in [-0.3, -0.25) is 10.1 Å². The van der Waals surface area contributed by atoms with E-state index in [1.807, 2.05) is 24.3 Å². The smallest absolute Gasteiger partial charge is 0.150 e. The summed E-state index contributed by atoms with van der Waals surface area (Å²) in [6.45, 7) is 0.957. The van der Waals surface area contributed by atoms with E-state index in [1.54, 1.807) is 7.11 Å². The first-order valence-corrected chi connectivity index (χ1v) is 5.67. The minimum atomic E-state index is -0.405. The van der Waals surface area contributed by atoms with Gasteiger partial charge in [-0.15, -0.1) is 12.4 Å². The standard InChI is InChI=1S/C13H17NO2.ClH/c1-16-13(7-2-3-8-14-13)12-6-4-5-11(9-12)10-15;/h4-6,9-10,14H,2-3,7-8H2,1H3;1H/t13-;/m0./s1. The fourth-order valence-corrected chi connectivity index (χ4v) is 2.28. The molecule has 1 aromatic rings. The van der Waals surface area contributed by atoms with Gasteiger partial charge in [0.2, 0.25) is 0 Å². The molecule has 1 aliphatic rings. The summed E-state index contributed by atoms with van der Waals surface area (Å²) in [5, 5.41) is 3.41. The highest BCUT2D eigenvalue weighted by molar-refractivity contribution is 5.85. The number of hydrogen-bond acceptors (Lipinski definition) is 3. The van der Waals surface area contributed by atoms with Gasteiger partial charge in [0, 0.05) is 12.7 Å². The molecular formula is C13H18ClNO2. The van der Waals surface area contributed by atoms with E-state index in [2.05, 4.69) is 5.32 Å². The Morgan fingerprint density at radius 3 is 2.82 bits per heavy atom. The molecule has 0 unspecified atom stereocenters. The Balaban J connectivity index is 0.00000144. The quantitative estimate of drug-likeness (QED) is 0.844. The van der Waals surface area contributed by atoms with Crippen molar-refractivity contribution < 1.29 is 9.53 Å². The van der Waals surface area contributed by atoms with Crippen LogP contribution in [0.5, 0.6) is 0 Å². The molecule has 0 radical (unpaired) electrons. The van der Waals surface area contributed by atoms with Gasteiger partial charge in [0.15, 0.2) is 0 Å². The Kier molecular flexibility index (Phi) is 5.12. The average molecular weight is 256 g/mol. The SMILES string of the molecule is CO[C@]1(c2cccc(C=O)c2)CCCCN1.Cl. The number of carbonyl (C=O) groups is 1. The van der Waals surface area contributed by atoms with Crippen LogP contribution in [0.15, 0.2) is 24.3 Å². The van der Waals surface area contributed by atoms with Crippen LogP contribution in [-0.4, -0.2) is 19.9 Å². The third-order valence-corrected chi connectivity index (χ3v) is 3.20. The number of hydrogen-bond donors (Lipinski definition) is 1. The molecule has 1 aromatic carbocycles. The minimum absolute atomic E-state index is 0. The molecule has 0 spiro atoms. The molecule has 3 nitrogen and oxygen atoms in total. The highest BCUT2D eigenvalue weighted by Gasteiger charge is 2.33. The maximum absolute atomic E-state index is 10.8. The Morgan fingerprint density at radius 1 is 1.41 bits per heavy atom. The maximum Gasteiger partial charge on any atom is 0.150 e. The summed E-state index contributed by atoms with van der Waals surface area (Å²) < 4.78 is 5.64. The van der Waals surface area contributed by atoms with Crippen molar-refractivity contribution in [2.24, 2.45) is 0 Å². The van der Waals surface area contributed by atoms with Crippen LogP contribution in [0.3, 0.4) is 0 Å². The van der Waals surface area contributed by atoms with E-state index in [4.69, 9.17) is 4.74 Å². The zero-order valence-corrected chi connectivity index (χ0v) is 10.8. The first-order valence-electron chi connectivity index (χ1n) is 5.67. The summed E-state index contributed by atoms with van der Waals surface area (Å²) in [5.41, 5.74) is 1.33. The second kappa shape index (κ2) is 6.15. The molecular weight excluding hydrogens is 238 g/mol. The highest BCUT2D eigenvalue weighted by Crippen LogP contribution is 2.31. The van der Waals surface area contributed by atoms with Crippen LogP contribution >= 0.6 is 12.4 Å². The van der Waals surface area contributed by atoms with E-state index < -0.39 is 5.72 Å². The Morgan fingerprint density at radius 2 is 2.24 bits per heavy atom. The van der Waals surface area contributed by atoms with Crippen molar-refractivity contribution in [1.82, 2.24) is 5.32 Å². The van der Waals surface area contributed by atoms with Gasteiger partial charge in [0.25, 0.3) is 0 Å². The number of piperidine rings is 1. The van der Waals surface area contributed by atoms with Gasteiger partial charge in [-0.25, -0.2) is 0 Å². The lowest BCUT2D eigenvalue weighted by Crippen LogP contribution is -2.47. The lowest BCUT2D eigenvalue weighted by atomic mass is 9.92. The number of methoxy groups -OCH3 is 1. The number of ether oxygens (including phenoxy) is 1. The van der Waals surface area contributed by atoms with Crippen LogP contribution < -0.4 is 5.32 Å². The van der Waals surface area contributed by atoms with Crippen LogP contribution in [0.1, 0.15) is 35.2 Å². The zero-order valence-electron chi connectivity index (χ0n) is 9.94. The van der Waals surface area contributed by atoms with Crippen molar-refractivity contribution in [2.45, 2.75) is 25.0 Å². The van der Waals surface area contributed by atoms with Crippen molar-refractivity contribution in [3.8, 4) is 0 Å². The van der Waals surface area contributed by atoms with Crippen LogP contribution in [0, 0.1) is 0 Å². The third-order valence-electron chi connectivity index (χ3n) is 3.20. The summed E-state index contributed by atoms with van der Waals surface area (Å²) in [5.74, 6) is 0. The molecule has 17 heavy (non-hydrogen) atoms. The minimum Gasteiger partial charge on any atom is -0.360 e. The Bertz CT molecular complexity index is 375. The van der Waals surface area contributed by atoms with Crippen LogP contribution in [0.4, 0.5) is 0 Å². The van der Waals surface area contributed by atoms with Gasteiger partial charge in [0.05, 0.1) is 0 Å². The molecule has 1 heterocycles. The van der Waals surface area contributed by atoms with Gasteiger partial charge < -0.3 is 4.74 Å². The van der Waals surface area contributed by atoms with Crippen molar-refractivity contribution in [3.05, 3.63) is 35.4 Å². The Labute approximate surface area is 108 Å². The molecule has 1 saturated heterocycles. The molecule has 0 saturated carbocycles. The lowest BCUT2D eigenvalue weighted by molar-refractivity contribution is -0.0648. The highest BCUT2D eigenvalue weighted by atomic mass is 35.5. The molecule has 2 rings (SSSR count). The largest absolute Gasteiger partial charge is 0.360 e. The van der Waals surface area contributed by atoms with Crippen LogP contribution in [-0.2, 0) is 10.5 Å². The normalized spacial score (nSPS) is 23.8. The second-order valence-corrected chi connectivity index (χ2v) is 4.16. The number of benzene rings is 1. The molecule has 94 valence electrons. The number of carbonyl (C=O) groups excluding carboxylic acids is 1. The molecule has 4 heteroatoms. The summed E-state index contributed by atoms with van der Waals surface area (Å²) in [7, 11) is 1.71. The van der Waals surface area contributed by atoms with E-state index in [9.17, 15) is 4.79 Å². The van der Waals surface area contributed by atoms with Crippen molar-refractivity contribution in [3.63, 3.8) is 0 Å². The van der Waals surface area contributed by atoms with E-state index in [0.29, 0.717) is 5.56 Å². The first-order chi connectivity index (χ1) is 7.80. The van der Waals surface area contributed by atoms with E-state index in [-0.39, 0.29) is 12.4 Å². The predicted octanol–water partition coefficient (Wildman–Crippen LogP) is 2.49. The third kappa shape index (κ3) is 2.86. The topological polar surface area (TPSA) is 38.3 Å². The molecule has 1 fully saturated rings. The monoisotopic (exact) mass is 255 g/mol. The summed E-state index contributed by atoms with van der Waals surface area (Å²) in [6.07, 6.45) is 4.14. The second-order valence-electron chi connectivity index (χ2n) is 4.16. The van der Waals surface area contributed by atoms with Gasteiger partial charge in [-0.1, -0.05) is 18.2 Å². The molecule has 1 N–H and O–H groups in total. The summed E-state index contributed by atoms with van der Waals surface area (Å²) in [6, 6.07) is 7.61. The number of halogens is 1. The molecule has 0 aliphatic carbocycles. The lowest BCUT2D eigenvalue weighted by Gasteiger charge is -2.37. The number of nitrogens with one attached hydrogen (secondary N) is 1. The van der Waals surface area contributed by atoms with E-state index in [0.717, 1.165) is 31.2 Å². The van der Waals surface area contributed by atoms with Gasteiger partial charge >= 0.3 is 0 Å². The molecule has 1 aliphatic heterocycles. The van der Waals surface area contributed by atoms with Gasteiger partial charge in [0.1, 0.15) is 12.0 Å². The average Bonchev–Trinajstić information content (AvgIpc) is 2.39. The molecule has 0 bridgehead atoms. The van der Waals surface area contributed by atoms with Crippen molar-refractivity contribution in [2.75, 3.05) is 13.7 Å². The fraction of sp³-hybridized carbons (Fsp3) is 0.462. The van der Waals surface area contributed by atoms with Crippen molar-refractivity contribution in [1.29, 1.82) is 0 Å². The Hall–Kier alpha value is -0.900. The van der Waals surface area contributed by atoms with Gasteiger partial charge in [-0.05, 0) is 37.4 Å². The van der Waals surface area contributed by atoms with Crippen LogP contribution in [0.2, 0.25) is 0 Å². The van der Waals surface area contributed by atoms with Gasteiger partial charge in [-0.2, -0.15) is 0 Å². The van der Waals surface area contributed by atoms with Crippen molar-refractivity contribution >= 4 is 18.7 Å². The van der Waals surface area contributed by atoms with E-state index in [1.165, 1.54) is 6.42 Å². The summed E-state index contributed by atoms with van der Waals surface area (Å²) >= 11 is 0. The predicted molar refractivity (Wildman–Crippen MR) is 69.6 cm³/mol. The molecule has 0 aromatic heterocycles. The molecule has 0 amide bonds. The summed E-state index contributed by atoms with van der Waals surface area (Å²) in [4.78, 5) is 10.8. The fourth-order valence-electron chi connectivity index (χ4n) is 2.28. The number of aldehydes is 1. The maximum atomic E-state index is 10.8. The van der Waals surface area contributed by atoms with Crippen LogP contribution in [0.25, 0.3) is 0 Å². The molecule has 1 atom stereocenters. The van der Waals surface area contributed by atoms with E-state index >= 15 is 0 Å². The first kappa shape index (κ1) is 14.2. The zero-order chi connectivity index (χ0) is 11.4. The number of rotatable bonds is 3.